The predicted octanol–water partition coefficient (Wildman–Crippen LogP) is 4.01. The number of aromatic nitrogens is 1. The van der Waals surface area contributed by atoms with Crippen molar-refractivity contribution in [2.45, 2.75) is 30.2 Å². The molecule has 0 fully saturated rings. The summed E-state index contributed by atoms with van der Waals surface area (Å²) in [6, 6.07) is 19.6. The average Bonchev–Trinajstić information content (AvgIpc) is 3.18. The van der Waals surface area contributed by atoms with E-state index in [0.29, 0.717) is 16.5 Å². The molecule has 0 N–H and O–H groups in total. The van der Waals surface area contributed by atoms with Crippen LogP contribution in [0.5, 0.6) is 0 Å². The van der Waals surface area contributed by atoms with E-state index in [4.69, 9.17) is 4.74 Å². The van der Waals surface area contributed by atoms with E-state index >= 15 is 0 Å². The maximum absolute atomic E-state index is 13.3. The first-order valence-electron chi connectivity index (χ1n) is 10.4. The molecular formula is C25H23NO6S2. The number of fused-ring (bicyclic) bond motifs is 1. The maximum atomic E-state index is 13.3. The van der Waals surface area contributed by atoms with Gasteiger partial charge in [-0.15, -0.1) is 0 Å². The quantitative estimate of drug-likeness (QED) is 0.358. The molecule has 4 rings (SSSR count). The summed E-state index contributed by atoms with van der Waals surface area (Å²) in [5.41, 5.74) is 2.72. The number of benzene rings is 3. The lowest BCUT2D eigenvalue weighted by Gasteiger charge is -2.08. The SMILES string of the molecule is Cc1ccc(S(=O)(=O)CC(=O)OCc2cn(S(=O)(=O)c3ccc(C)cc3)c3ccccc23)cc1. The summed E-state index contributed by atoms with van der Waals surface area (Å²) in [5.74, 6) is -1.73. The zero-order chi connectivity index (χ0) is 24.5. The van der Waals surface area contributed by atoms with E-state index in [1.807, 2.05) is 13.8 Å². The number of para-hydroxylation sites is 1. The van der Waals surface area contributed by atoms with Crippen molar-refractivity contribution < 1.29 is 26.4 Å². The van der Waals surface area contributed by atoms with E-state index < -0.39 is 31.6 Å². The molecule has 0 aliphatic heterocycles. The zero-order valence-corrected chi connectivity index (χ0v) is 20.3. The predicted molar refractivity (Wildman–Crippen MR) is 129 cm³/mol. The molecule has 34 heavy (non-hydrogen) atoms. The van der Waals surface area contributed by atoms with Crippen LogP contribution < -0.4 is 0 Å². The Morgan fingerprint density at radius 3 is 1.97 bits per heavy atom. The summed E-state index contributed by atoms with van der Waals surface area (Å²) < 4.78 is 57.9. The summed E-state index contributed by atoms with van der Waals surface area (Å²) in [7, 11) is -7.74. The number of esters is 1. The summed E-state index contributed by atoms with van der Waals surface area (Å²) in [6.45, 7) is 3.44. The van der Waals surface area contributed by atoms with E-state index in [-0.39, 0.29) is 16.4 Å². The third-order valence-corrected chi connectivity index (χ3v) is 8.71. The first-order valence-corrected chi connectivity index (χ1v) is 13.5. The van der Waals surface area contributed by atoms with Crippen LogP contribution in [0.3, 0.4) is 0 Å². The fourth-order valence-corrected chi connectivity index (χ4v) is 6.04. The van der Waals surface area contributed by atoms with Gasteiger partial charge in [0.15, 0.2) is 15.6 Å². The highest BCUT2D eigenvalue weighted by atomic mass is 32.2. The van der Waals surface area contributed by atoms with Crippen molar-refractivity contribution in [3.63, 3.8) is 0 Å². The van der Waals surface area contributed by atoms with Gasteiger partial charge < -0.3 is 4.74 Å². The van der Waals surface area contributed by atoms with Crippen LogP contribution >= 0.6 is 0 Å². The Balaban J connectivity index is 1.58. The average molecular weight is 498 g/mol. The normalized spacial score (nSPS) is 12.1. The van der Waals surface area contributed by atoms with Crippen LogP contribution in [-0.4, -0.2) is 32.5 Å². The second kappa shape index (κ2) is 9.08. The molecule has 1 heterocycles. The highest BCUT2D eigenvalue weighted by Crippen LogP contribution is 2.27. The van der Waals surface area contributed by atoms with Gasteiger partial charge in [0.05, 0.1) is 15.3 Å². The summed E-state index contributed by atoms with van der Waals surface area (Å²) in [4.78, 5) is 12.5. The first kappa shape index (κ1) is 23.7. The third kappa shape index (κ3) is 4.76. The molecule has 0 unspecified atom stereocenters. The number of aryl methyl sites for hydroxylation is 2. The van der Waals surface area contributed by atoms with Crippen molar-refractivity contribution in [3.05, 3.63) is 95.7 Å². The minimum absolute atomic E-state index is 0.0378. The molecule has 0 atom stereocenters. The molecule has 0 spiro atoms. The van der Waals surface area contributed by atoms with Crippen molar-refractivity contribution in [1.29, 1.82) is 0 Å². The van der Waals surface area contributed by atoms with Crippen LogP contribution in [0, 0.1) is 13.8 Å². The Morgan fingerprint density at radius 1 is 0.794 bits per heavy atom. The van der Waals surface area contributed by atoms with Crippen molar-refractivity contribution in [2.24, 2.45) is 0 Å². The minimum Gasteiger partial charge on any atom is -0.460 e. The van der Waals surface area contributed by atoms with Gasteiger partial charge >= 0.3 is 5.97 Å². The molecule has 0 amide bonds. The summed E-state index contributed by atoms with van der Waals surface area (Å²) in [6.07, 6.45) is 1.40. The highest BCUT2D eigenvalue weighted by Gasteiger charge is 2.23. The van der Waals surface area contributed by atoms with E-state index in [0.717, 1.165) is 15.1 Å². The Kier molecular flexibility index (Phi) is 6.33. The molecule has 176 valence electrons. The molecule has 0 saturated carbocycles. The standard InChI is InChI=1S/C25H23NO6S2/c1-18-7-11-21(12-8-18)33(28,29)17-25(27)32-16-20-15-26(24-6-4-3-5-23(20)24)34(30,31)22-13-9-19(2)10-14-22/h3-15H,16-17H2,1-2H3. The summed E-state index contributed by atoms with van der Waals surface area (Å²) >= 11 is 0. The number of hydrogen-bond donors (Lipinski definition) is 0. The largest absolute Gasteiger partial charge is 0.460 e. The van der Waals surface area contributed by atoms with Gasteiger partial charge in [0.25, 0.3) is 10.0 Å². The third-order valence-electron chi connectivity index (χ3n) is 5.41. The first-order chi connectivity index (χ1) is 16.1. The molecule has 0 bridgehead atoms. The van der Waals surface area contributed by atoms with Gasteiger partial charge in [-0.2, -0.15) is 0 Å². The van der Waals surface area contributed by atoms with Crippen LogP contribution in [-0.2, 0) is 36.0 Å². The Bertz CT molecular complexity index is 1570. The lowest BCUT2D eigenvalue weighted by Crippen LogP contribution is -2.18. The van der Waals surface area contributed by atoms with Crippen LogP contribution in [0.1, 0.15) is 16.7 Å². The molecule has 1 aromatic heterocycles. The van der Waals surface area contributed by atoms with E-state index in [9.17, 15) is 21.6 Å². The molecule has 4 aromatic rings. The van der Waals surface area contributed by atoms with E-state index in [1.54, 1.807) is 48.5 Å². The van der Waals surface area contributed by atoms with Gasteiger partial charge in [0.1, 0.15) is 6.61 Å². The van der Waals surface area contributed by atoms with Gasteiger partial charge in [-0.25, -0.2) is 20.8 Å². The Labute approximate surface area is 198 Å². The van der Waals surface area contributed by atoms with Gasteiger partial charge in [0, 0.05) is 17.1 Å². The second-order valence-electron chi connectivity index (χ2n) is 8.02. The smallest absolute Gasteiger partial charge is 0.321 e. The lowest BCUT2D eigenvalue weighted by atomic mass is 10.2. The second-order valence-corrected chi connectivity index (χ2v) is 11.8. The highest BCUT2D eigenvalue weighted by molar-refractivity contribution is 7.92. The Hall–Kier alpha value is -3.43. The number of nitrogens with zero attached hydrogens (tertiary/aromatic N) is 1. The molecule has 0 aliphatic rings. The molecular weight excluding hydrogens is 474 g/mol. The molecule has 7 nitrogen and oxygen atoms in total. The monoisotopic (exact) mass is 497 g/mol. The van der Waals surface area contributed by atoms with Crippen molar-refractivity contribution in [3.8, 4) is 0 Å². The molecule has 0 radical (unpaired) electrons. The van der Waals surface area contributed by atoms with Gasteiger partial charge in [0.2, 0.25) is 0 Å². The number of rotatable bonds is 7. The summed E-state index contributed by atoms with van der Waals surface area (Å²) in [5, 5.41) is 0.590. The van der Waals surface area contributed by atoms with Crippen molar-refractivity contribution in [2.75, 3.05) is 5.75 Å². The zero-order valence-electron chi connectivity index (χ0n) is 18.6. The van der Waals surface area contributed by atoms with E-state index in [1.165, 1.54) is 30.5 Å². The topological polar surface area (TPSA) is 99.5 Å². The number of carbonyl (C=O) groups is 1. The fraction of sp³-hybridized carbons (Fsp3) is 0.160. The van der Waals surface area contributed by atoms with Crippen LogP contribution in [0.2, 0.25) is 0 Å². The van der Waals surface area contributed by atoms with Crippen LogP contribution in [0.25, 0.3) is 10.9 Å². The van der Waals surface area contributed by atoms with Crippen molar-refractivity contribution >= 4 is 36.7 Å². The van der Waals surface area contributed by atoms with Crippen LogP contribution in [0.15, 0.2) is 88.8 Å². The van der Waals surface area contributed by atoms with E-state index in [2.05, 4.69) is 0 Å². The molecule has 0 saturated heterocycles. The maximum Gasteiger partial charge on any atom is 0.321 e. The Morgan fingerprint density at radius 2 is 1.35 bits per heavy atom. The number of sulfone groups is 1. The lowest BCUT2D eigenvalue weighted by molar-refractivity contribution is -0.141. The minimum atomic E-state index is -3.89. The van der Waals surface area contributed by atoms with Crippen LogP contribution in [0.4, 0.5) is 0 Å². The van der Waals surface area contributed by atoms with Gasteiger partial charge in [-0.3, -0.25) is 4.79 Å². The number of ether oxygens (including phenoxy) is 1. The number of hydrogen-bond acceptors (Lipinski definition) is 6. The van der Waals surface area contributed by atoms with Gasteiger partial charge in [-0.1, -0.05) is 53.6 Å². The van der Waals surface area contributed by atoms with Crippen molar-refractivity contribution in [1.82, 2.24) is 3.97 Å². The van der Waals surface area contributed by atoms with Gasteiger partial charge in [-0.05, 0) is 44.2 Å². The molecule has 3 aromatic carbocycles. The molecule has 9 heteroatoms. The fourth-order valence-electron chi connectivity index (χ4n) is 3.54. The molecule has 0 aliphatic carbocycles. The number of carbonyl (C=O) groups excluding carboxylic acids is 1.